The van der Waals surface area contributed by atoms with Crippen molar-refractivity contribution in [3.05, 3.63) is 45.2 Å². The van der Waals surface area contributed by atoms with E-state index in [4.69, 9.17) is 17.3 Å². The van der Waals surface area contributed by atoms with Crippen LogP contribution < -0.4 is 11.1 Å². The number of amides is 1. The van der Waals surface area contributed by atoms with Gasteiger partial charge in [-0.2, -0.15) is 0 Å². The zero-order valence-corrected chi connectivity index (χ0v) is 12.0. The van der Waals surface area contributed by atoms with Gasteiger partial charge in [-0.3, -0.25) is 4.79 Å². The highest BCUT2D eigenvalue weighted by molar-refractivity contribution is 7.10. The summed E-state index contributed by atoms with van der Waals surface area (Å²) in [5.74, 6) is 0.0399. The lowest BCUT2D eigenvalue weighted by atomic mass is 10.1. The zero-order chi connectivity index (χ0) is 13.8. The van der Waals surface area contributed by atoms with Gasteiger partial charge < -0.3 is 11.1 Å². The van der Waals surface area contributed by atoms with Crippen LogP contribution in [0.15, 0.2) is 29.8 Å². The maximum atomic E-state index is 12.2. The summed E-state index contributed by atoms with van der Waals surface area (Å²) >= 11 is 7.58. The lowest BCUT2D eigenvalue weighted by molar-refractivity contribution is 0.0936. The Balaban J connectivity index is 2.18. The smallest absolute Gasteiger partial charge is 0.253 e. The molecule has 2 aromatic rings. The van der Waals surface area contributed by atoms with Crippen LogP contribution in [0.5, 0.6) is 0 Å². The summed E-state index contributed by atoms with van der Waals surface area (Å²) in [5, 5.41) is 5.24. The maximum absolute atomic E-state index is 12.2. The van der Waals surface area contributed by atoms with E-state index in [-0.39, 0.29) is 17.8 Å². The maximum Gasteiger partial charge on any atom is 0.253 e. The number of nitrogens with one attached hydrogen (secondary N) is 1. The van der Waals surface area contributed by atoms with Gasteiger partial charge in [0.2, 0.25) is 0 Å². The van der Waals surface area contributed by atoms with Gasteiger partial charge in [-0.15, -0.1) is 11.3 Å². The Morgan fingerprint density at radius 2 is 2.42 bits per heavy atom. The van der Waals surface area contributed by atoms with Crippen molar-refractivity contribution in [2.75, 3.05) is 5.73 Å². The van der Waals surface area contributed by atoms with Gasteiger partial charge >= 0.3 is 0 Å². The fourth-order valence-corrected chi connectivity index (χ4v) is 2.78. The van der Waals surface area contributed by atoms with Gasteiger partial charge in [0.25, 0.3) is 5.91 Å². The van der Waals surface area contributed by atoms with Crippen molar-refractivity contribution in [1.82, 2.24) is 10.3 Å². The van der Waals surface area contributed by atoms with Crippen LogP contribution in [0.4, 0.5) is 5.82 Å². The minimum atomic E-state index is -0.237. The number of thiophene rings is 1. The second-order valence-electron chi connectivity index (χ2n) is 4.04. The number of rotatable bonds is 4. The highest BCUT2D eigenvalue weighted by Crippen LogP contribution is 2.23. The molecule has 3 N–H and O–H groups in total. The number of nitrogen functional groups attached to an aromatic ring is 1. The third-order valence-corrected chi connectivity index (χ3v) is 4.01. The first-order chi connectivity index (χ1) is 9.11. The van der Waals surface area contributed by atoms with Crippen molar-refractivity contribution in [3.8, 4) is 0 Å². The van der Waals surface area contributed by atoms with Gasteiger partial charge in [-0.25, -0.2) is 4.98 Å². The third-order valence-electron chi connectivity index (χ3n) is 2.72. The minimum absolute atomic E-state index is 0.0158. The summed E-state index contributed by atoms with van der Waals surface area (Å²) in [6.45, 7) is 2.02. The van der Waals surface area contributed by atoms with E-state index >= 15 is 0 Å². The largest absolute Gasteiger partial charge is 0.384 e. The second kappa shape index (κ2) is 6.04. The SMILES string of the molecule is CCC(NC(=O)c1cc(N)ncc1Cl)c1cccs1. The Labute approximate surface area is 120 Å². The molecule has 6 heteroatoms. The van der Waals surface area contributed by atoms with Crippen molar-refractivity contribution >= 4 is 34.7 Å². The van der Waals surface area contributed by atoms with E-state index in [1.165, 1.54) is 12.3 Å². The highest BCUT2D eigenvalue weighted by Gasteiger charge is 2.17. The molecule has 0 aliphatic rings. The summed E-state index contributed by atoms with van der Waals surface area (Å²) in [5.41, 5.74) is 5.93. The first-order valence-electron chi connectivity index (χ1n) is 5.87. The van der Waals surface area contributed by atoms with Gasteiger partial charge in [0, 0.05) is 11.1 Å². The topological polar surface area (TPSA) is 68.0 Å². The van der Waals surface area contributed by atoms with Crippen molar-refractivity contribution < 1.29 is 4.79 Å². The Morgan fingerprint density at radius 1 is 1.63 bits per heavy atom. The van der Waals surface area contributed by atoms with Gasteiger partial charge in [0.1, 0.15) is 5.82 Å². The fourth-order valence-electron chi connectivity index (χ4n) is 1.73. The number of aromatic nitrogens is 1. The zero-order valence-electron chi connectivity index (χ0n) is 10.4. The summed E-state index contributed by atoms with van der Waals surface area (Å²) in [6.07, 6.45) is 2.20. The second-order valence-corrected chi connectivity index (χ2v) is 5.43. The van der Waals surface area contributed by atoms with E-state index in [0.717, 1.165) is 11.3 Å². The molecule has 0 saturated heterocycles. The molecule has 0 aliphatic carbocycles. The number of anilines is 1. The fraction of sp³-hybridized carbons (Fsp3) is 0.231. The highest BCUT2D eigenvalue weighted by atomic mass is 35.5. The third kappa shape index (κ3) is 3.24. The molecule has 100 valence electrons. The molecule has 0 aliphatic heterocycles. The molecular formula is C13H14ClN3OS. The number of hydrogen-bond acceptors (Lipinski definition) is 4. The van der Waals surface area contributed by atoms with Crippen molar-refractivity contribution in [1.29, 1.82) is 0 Å². The van der Waals surface area contributed by atoms with Crippen LogP contribution in [-0.2, 0) is 0 Å². The number of pyridine rings is 1. The molecule has 1 unspecified atom stereocenters. The quantitative estimate of drug-likeness (QED) is 0.909. The molecule has 1 amide bonds. The molecule has 0 aromatic carbocycles. The van der Waals surface area contributed by atoms with Gasteiger partial charge in [0.15, 0.2) is 0 Å². The van der Waals surface area contributed by atoms with E-state index in [2.05, 4.69) is 10.3 Å². The Kier molecular flexibility index (Phi) is 4.39. The summed E-state index contributed by atoms with van der Waals surface area (Å²) in [4.78, 5) is 17.2. The molecule has 0 spiro atoms. The summed E-state index contributed by atoms with van der Waals surface area (Å²) in [6, 6.07) is 5.44. The number of halogens is 1. The lowest BCUT2D eigenvalue weighted by Crippen LogP contribution is -2.28. The van der Waals surface area contributed by atoms with E-state index < -0.39 is 0 Å². The normalized spacial score (nSPS) is 12.1. The van der Waals surface area contributed by atoms with E-state index in [9.17, 15) is 4.79 Å². The predicted molar refractivity (Wildman–Crippen MR) is 78.5 cm³/mol. The number of nitrogens with zero attached hydrogens (tertiary/aromatic N) is 1. The minimum Gasteiger partial charge on any atom is -0.384 e. The van der Waals surface area contributed by atoms with E-state index in [1.54, 1.807) is 11.3 Å². The summed E-state index contributed by atoms with van der Waals surface area (Å²) < 4.78 is 0. The van der Waals surface area contributed by atoms with Crippen LogP contribution in [0, 0.1) is 0 Å². The van der Waals surface area contributed by atoms with Crippen LogP contribution in [0.2, 0.25) is 5.02 Å². The molecular weight excluding hydrogens is 282 g/mol. The molecule has 0 radical (unpaired) electrons. The molecule has 4 nitrogen and oxygen atoms in total. The molecule has 0 saturated carbocycles. The van der Waals surface area contributed by atoms with Crippen molar-refractivity contribution in [2.45, 2.75) is 19.4 Å². The Morgan fingerprint density at radius 3 is 3.05 bits per heavy atom. The molecule has 2 heterocycles. The van der Waals surface area contributed by atoms with Crippen LogP contribution in [0.25, 0.3) is 0 Å². The van der Waals surface area contributed by atoms with Crippen molar-refractivity contribution in [2.24, 2.45) is 0 Å². The average molecular weight is 296 g/mol. The van der Waals surface area contributed by atoms with Crippen molar-refractivity contribution in [3.63, 3.8) is 0 Å². The Hall–Kier alpha value is -1.59. The monoisotopic (exact) mass is 295 g/mol. The Bertz CT molecular complexity index is 571. The molecule has 19 heavy (non-hydrogen) atoms. The first-order valence-corrected chi connectivity index (χ1v) is 7.13. The van der Waals surface area contributed by atoms with E-state index in [0.29, 0.717) is 10.6 Å². The van der Waals surface area contributed by atoms with Gasteiger partial charge in [-0.05, 0) is 23.9 Å². The molecule has 0 fully saturated rings. The number of nitrogens with two attached hydrogens (primary N) is 1. The van der Waals surface area contributed by atoms with E-state index in [1.807, 2.05) is 24.4 Å². The standard InChI is InChI=1S/C13H14ClN3OS/c1-2-10(11-4-3-5-19-11)17-13(18)8-6-12(15)16-7-9(8)14/h3-7,10H,2H2,1H3,(H2,15,16)(H,17,18). The predicted octanol–water partition coefficient (Wildman–Crippen LogP) is 3.26. The van der Waals surface area contributed by atoms with Gasteiger partial charge in [0.05, 0.1) is 16.6 Å². The molecule has 2 aromatic heterocycles. The van der Waals surface area contributed by atoms with Crippen LogP contribution in [0.1, 0.15) is 34.6 Å². The van der Waals surface area contributed by atoms with Crippen LogP contribution in [0.3, 0.4) is 0 Å². The average Bonchev–Trinajstić information content (AvgIpc) is 2.92. The first kappa shape index (κ1) is 13.8. The molecule has 0 bridgehead atoms. The number of carbonyl (C=O) groups excluding carboxylic acids is 1. The van der Waals surface area contributed by atoms with Crippen LogP contribution in [-0.4, -0.2) is 10.9 Å². The van der Waals surface area contributed by atoms with Crippen LogP contribution >= 0.6 is 22.9 Å². The summed E-state index contributed by atoms with van der Waals surface area (Å²) in [7, 11) is 0. The lowest BCUT2D eigenvalue weighted by Gasteiger charge is -2.16. The van der Waals surface area contributed by atoms with Gasteiger partial charge in [-0.1, -0.05) is 24.6 Å². The number of hydrogen-bond donors (Lipinski definition) is 2. The molecule has 1 atom stereocenters. The molecule has 2 rings (SSSR count). The number of carbonyl (C=O) groups is 1.